The molecular formula is C18H19N3O3. The highest BCUT2D eigenvalue weighted by atomic mass is 16.5. The summed E-state index contributed by atoms with van der Waals surface area (Å²) in [6.07, 6.45) is -0.0154. The zero-order chi connectivity index (χ0) is 17.2. The number of hydrogen-bond acceptors (Lipinski definition) is 5. The summed E-state index contributed by atoms with van der Waals surface area (Å²) in [5, 5.41) is 2.64. The Bertz CT molecular complexity index is 736. The molecule has 1 aromatic carbocycles. The van der Waals surface area contributed by atoms with Crippen molar-refractivity contribution in [2.75, 3.05) is 19.4 Å². The van der Waals surface area contributed by atoms with Crippen molar-refractivity contribution in [3.8, 4) is 17.7 Å². The number of nitrogens with two attached hydrogens (primary N) is 1. The van der Waals surface area contributed by atoms with Crippen LogP contribution in [-0.4, -0.2) is 24.7 Å². The number of carbonyl (C=O) groups is 1. The fourth-order valence-corrected chi connectivity index (χ4v) is 1.81. The van der Waals surface area contributed by atoms with Crippen molar-refractivity contribution in [1.82, 2.24) is 10.3 Å². The molecule has 0 spiro atoms. The molecule has 1 aromatic heterocycles. The zero-order valence-corrected chi connectivity index (χ0v) is 13.4. The Morgan fingerprint density at radius 1 is 1.25 bits per heavy atom. The van der Waals surface area contributed by atoms with Crippen LogP contribution in [0.5, 0.6) is 5.88 Å². The lowest BCUT2D eigenvalue weighted by Crippen LogP contribution is -2.24. The van der Waals surface area contributed by atoms with Crippen molar-refractivity contribution in [3.63, 3.8) is 0 Å². The van der Waals surface area contributed by atoms with Crippen LogP contribution in [-0.2, 0) is 11.3 Å². The summed E-state index contributed by atoms with van der Waals surface area (Å²) in [6.45, 7) is 0.618. The third kappa shape index (κ3) is 5.54. The third-order valence-corrected chi connectivity index (χ3v) is 3.05. The number of amides is 1. The van der Waals surface area contributed by atoms with Crippen molar-refractivity contribution < 1.29 is 14.3 Å². The van der Waals surface area contributed by atoms with Gasteiger partial charge in [0.1, 0.15) is 12.3 Å². The molecule has 6 nitrogen and oxygen atoms in total. The molecule has 0 unspecified atom stereocenters. The van der Waals surface area contributed by atoms with E-state index in [0.717, 1.165) is 5.56 Å². The van der Waals surface area contributed by atoms with E-state index in [1.54, 1.807) is 12.1 Å². The van der Waals surface area contributed by atoms with E-state index >= 15 is 0 Å². The van der Waals surface area contributed by atoms with Gasteiger partial charge in [0.2, 0.25) is 5.88 Å². The maximum Gasteiger partial charge on any atom is 0.407 e. The van der Waals surface area contributed by atoms with Gasteiger partial charge in [0.15, 0.2) is 0 Å². The van der Waals surface area contributed by atoms with Crippen LogP contribution >= 0.6 is 0 Å². The lowest BCUT2D eigenvalue weighted by atomic mass is 10.2. The van der Waals surface area contributed by atoms with Crippen LogP contribution in [0.25, 0.3) is 0 Å². The van der Waals surface area contributed by atoms with Crippen molar-refractivity contribution in [1.29, 1.82) is 0 Å². The zero-order valence-electron chi connectivity index (χ0n) is 13.4. The van der Waals surface area contributed by atoms with E-state index in [-0.39, 0.29) is 6.61 Å². The summed E-state index contributed by atoms with van der Waals surface area (Å²) >= 11 is 0. The molecule has 1 heterocycles. The minimum atomic E-state index is -0.473. The van der Waals surface area contributed by atoms with E-state index < -0.39 is 6.09 Å². The third-order valence-electron chi connectivity index (χ3n) is 3.05. The number of pyridine rings is 1. The normalized spacial score (nSPS) is 9.54. The van der Waals surface area contributed by atoms with Crippen LogP contribution in [0.15, 0.2) is 42.5 Å². The van der Waals surface area contributed by atoms with Crippen LogP contribution in [0.4, 0.5) is 10.5 Å². The van der Waals surface area contributed by atoms with Crippen molar-refractivity contribution in [2.24, 2.45) is 0 Å². The van der Waals surface area contributed by atoms with Crippen molar-refractivity contribution in [2.45, 2.75) is 13.0 Å². The number of rotatable bonds is 5. The van der Waals surface area contributed by atoms with Crippen LogP contribution < -0.4 is 15.8 Å². The van der Waals surface area contributed by atoms with Gasteiger partial charge < -0.3 is 20.5 Å². The number of anilines is 1. The van der Waals surface area contributed by atoms with Gasteiger partial charge in [0.25, 0.3) is 0 Å². The molecule has 0 aliphatic rings. The number of carbonyl (C=O) groups excluding carboxylic acids is 1. The maximum absolute atomic E-state index is 11.6. The average Bonchev–Trinajstić information content (AvgIpc) is 2.62. The molecule has 0 saturated heterocycles. The Morgan fingerprint density at radius 3 is 2.79 bits per heavy atom. The van der Waals surface area contributed by atoms with Gasteiger partial charge in [0, 0.05) is 19.0 Å². The fourth-order valence-electron chi connectivity index (χ4n) is 1.81. The van der Waals surface area contributed by atoms with E-state index in [9.17, 15) is 4.79 Å². The molecule has 0 saturated carbocycles. The number of nitrogen functional groups attached to an aromatic ring is 1. The Morgan fingerprint density at radius 2 is 2.04 bits per heavy atom. The summed E-state index contributed by atoms with van der Waals surface area (Å²) in [7, 11) is 1.53. The molecule has 6 heteroatoms. The van der Waals surface area contributed by atoms with Gasteiger partial charge in [-0.05, 0) is 17.6 Å². The number of nitrogens with zero attached hydrogens (tertiary/aromatic N) is 1. The number of benzene rings is 1. The molecule has 0 aliphatic carbocycles. The van der Waals surface area contributed by atoms with Gasteiger partial charge in [-0.3, -0.25) is 0 Å². The number of aromatic nitrogens is 1. The van der Waals surface area contributed by atoms with E-state index in [2.05, 4.69) is 22.1 Å². The molecule has 2 aromatic rings. The molecule has 3 N–H and O–H groups in total. The van der Waals surface area contributed by atoms with Gasteiger partial charge in [-0.1, -0.05) is 36.3 Å². The van der Waals surface area contributed by atoms with Gasteiger partial charge in [-0.25, -0.2) is 9.78 Å². The molecule has 0 aliphatic heterocycles. The molecule has 2 rings (SSSR count). The first kappa shape index (κ1) is 17.2. The lowest BCUT2D eigenvalue weighted by Gasteiger charge is -2.05. The summed E-state index contributed by atoms with van der Waals surface area (Å²) < 4.78 is 10.1. The smallest absolute Gasteiger partial charge is 0.407 e. The molecule has 0 bridgehead atoms. The minimum Gasteiger partial charge on any atom is -0.481 e. The summed E-state index contributed by atoms with van der Waals surface area (Å²) in [4.78, 5) is 15.7. The van der Waals surface area contributed by atoms with Gasteiger partial charge in [-0.15, -0.1) is 0 Å². The Balaban J connectivity index is 1.72. The number of methoxy groups -OCH3 is 1. The lowest BCUT2D eigenvalue weighted by molar-refractivity contribution is 0.140. The van der Waals surface area contributed by atoms with Gasteiger partial charge in [-0.2, -0.15) is 0 Å². The quantitative estimate of drug-likeness (QED) is 0.651. The standard InChI is InChI=1S/C18H19N3O3/c1-23-17-11-10-15(19)16(21-17)9-5-6-12-20-18(22)24-13-14-7-3-2-4-8-14/h2-4,7-8,10-11H,6,12-13,19H2,1H3,(H,20,22). The van der Waals surface area contributed by atoms with E-state index in [1.807, 2.05) is 30.3 Å². The first-order chi connectivity index (χ1) is 11.7. The Labute approximate surface area is 141 Å². The monoisotopic (exact) mass is 325 g/mol. The number of nitrogens with one attached hydrogen (secondary N) is 1. The van der Waals surface area contributed by atoms with Crippen LogP contribution in [0.1, 0.15) is 17.7 Å². The number of hydrogen-bond donors (Lipinski definition) is 2. The highest BCUT2D eigenvalue weighted by molar-refractivity contribution is 5.67. The van der Waals surface area contributed by atoms with Crippen LogP contribution in [0.2, 0.25) is 0 Å². The molecule has 0 radical (unpaired) electrons. The van der Waals surface area contributed by atoms with Crippen molar-refractivity contribution in [3.05, 3.63) is 53.7 Å². The molecule has 0 fully saturated rings. The van der Waals surface area contributed by atoms with Crippen LogP contribution in [0, 0.1) is 11.8 Å². The molecule has 24 heavy (non-hydrogen) atoms. The summed E-state index contributed by atoms with van der Waals surface area (Å²) in [5.74, 6) is 6.22. The minimum absolute atomic E-state index is 0.239. The van der Waals surface area contributed by atoms with E-state index in [1.165, 1.54) is 7.11 Å². The molecule has 1 amide bonds. The first-order valence-corrected chi connectivity index (χ1v) is 7.43. The maximum atomic E-state index is 11.6. The predicted molar refractivity (Wildman–Crippen MR) is 91.3 cm³/mol. The van der Waals surface area contributed by atoms with Gasteiger partial charge in [0.05, 0.1) is 12.8 Å². The predicted octanol–water partition coefficient (Wildman–Crippen LogP) is 2.34. The molecule has 0 atom stereocenters. The summed E-state index contributed by atoms with van der Waals surface area (Å²) in [6, 6.07) is 12.8. The molecule has 124 valence electrons. The highest BCUT2D eigenvalue weighted by Crippen LogP contribution is 2.13. The SMILES string of the molecule is COc1ccc(N)c(C#CCCNC(=O)OCc2ccccc2)n1. The second-order valence-corrected chi connectivity index (χ2v) is 4.83. The Hall–Kier alpha value is -3.20. The first-order valence-electron chi connectivity index (χ1n) is 7.43. The second-order valence-electron chi connectivity index (χ2n) is 4.83. The fraction of sp³-hybridized carbons (Fsp3) is 0.222. The van der Waals surface area contributed by atoms with Crippen molar-refractivity contribution >= 4 is 11.8 Å². The van der Waals surface area contributed by atoms with Gasteiger partial charge >= 0.3 is 6.09 Å². The Kier molecular flexibility index (Phi) is 6.47. The average molecular weight is 325 g/mol. The highest BCUT2D eigenvalue weighted by Gasteiger charge is 2.01. The largest absolute Gasteiger partial charge is 0.481 e. The molecular weight excluding hydrogens is 306 g/mol. The topological polar surface area (TPSA) is 86.5 Å². The number of alkyl carbamates (subject to hydrolysis) is 1. The van der Waals surface area contributed by atoms with E-state index in [0.29, 0.717) is 30.2 Å². The number of ether oxygens (including phenoxy) is 2. The summed E-state index contributed by atoms with van der Waals surface area (Å²) in [5.41, 5.74) is 7.67. The van der Waals surface area contributed by atoms with Crippen LogP contribution in [0.3, 0.4) is 0 Å². The second kappa shape index (κ2) is 9.06. The van der Waals surface area contributed by atoms with E-state index in [4.69, 9.17) is 15.2 Å².